The fourth-order valence-corrected chi connectivity index (χ4v) is 4.66. The lowest BCUT2D eigenvalue weighted by Gasteiger charge is -2.48. The second kappa shape index (κ2) is 9.13. The molecule has 9 heteroatoms. The number of piperidine rings is 1. The first-order valence-corrected chi connectivity index (χ1v) is 10.5. The second-order valence-corrected chi connectivity index (χ2v) is 8.26. The highest BCUT2D eigenvalue weighted by molar-refractivity contribution is 5.73. The van der Waals surface area contributed by atoms with Gasteiger partial charge < -0.3 is 20.5 Å². The summed E-state index contributed by atoms with van der Waals surface area (Å²) < 4.78 is 10.9. The zero-order chi connectivity index (χ0) is 21.0. The van der Waals surface area contributed by atoms with Crippen molar-refractivity contribution in [1.29, 1.82) is 0 Å². The van der Waals surface area contributed by atoms with Crippen molar-refractivity contribution in [3.8, 4) is 5.88 Å². The first kappa shape index (κ1) is 21.6. The number of anilines is 2. The third kappa shape index (κ3) is 4.90. The number of hydrogen-bond donors (Lipinski definition) is 2. The predicted octanol–water partition coefficient (Wildman–Crippen LogP) is 3.19. The molecular weight excluding hydrogens is 374 g/mol. The molecule has 2 heterocycles. The van der Waals surface area contributed by atoms with Gasteiger partial charge in [0.15, 0.2) is 0 Å². The third-order valence-electron chi connectivity index (χ3n) is 6.42. The molecule has 0 amide bonds. The van der Waals surface area contributed by atoms with Crippen LogP contribution in [0.5, 0.6) is 5.88 Å². The van der Waals surface area contributed by atoms with Crippen LogP contribution in [0.15, 0.2) is 6.07 Å². The van der Waals surface area contributed by atoms with E-state index in [1.807, 2.05) is 0 Å². The van der Waals surface area contributed by atoms with Gasteiger partial charge in [0.2, 0.25) is 11.7 Å². The maximum atomic E-state index is 11.4. The quantitative estimate of drug-likeness (QED) is 0.523. The van der Waals surface area contributed by atoms with Crippen LogP contribution >= 0.6 is 0 Å². The molecule has 162 valence electrons. The lowest BCUT2D eigenvalue weighted by molar-refractivity contribution is -0.383. The molecule has 2 aliphatic rings. The first-order chi connectivity index (χ1) is 13.9. The number of pyridine rings is 1. The summed E-state index contributed by atoms with van der Waals surface area (Å²) in [5.41, 5.74) is 6.19. The molecule has 3 N–H and O–H groups in total. The first-order valence-electron chi connectivity index (χ1n) is 10.5. The van der Waals surface area contributed by atoms with E-state index in [0.717, 1.165) is 58.2 Å². The fourth-order valence-electron chi connectivity index (χ4n) is 4.66. The van der Waals surface area contributed by atoms with Crippen LogP contribution in [0.4, 0.5) is 17.2 Å². The van der Waals surface area contributed by atoms with Gasteiger partial charge in [0.05, 0.1) is 18.1 Å². The van der Waals surface area contributed by atoms with Crippen LogP contribution in [0.2, 0.25) is 0 Å². The Kier molecular flexibility index (Phi) is 6.79. The van der Waals surface area contributed by atoms with Crippen molar-refractivity contribution in [2.24, 2.45) is 0 Å². The monoisotopic (exact) mass is 407 g/mol. The highest BCUT2D eigenvalue weighted by Crippen LogP contribution is 2.38. The molecule has 9 nitrogen and oxygen atoms in total. The molecule has 0 atom stereocenters. The van der Waals surface area contributed by atoms with E-state index in [9.17, 15) is 10.1 Å². The highest BCUT2D eigenvalue weighted by Gasteiger charge is 2.38. The molecule has 0 spiro atoms. The van der Waals surface area contributed by atoms with Crippen molar-refractivity contribution < 1.29 is 14.4 Å². The van der Waals surface area contributed by atoms with Gasteiger partial charge in [0, 0.05) is 37.3 Å². The minimum Gasteiger partial charge on any atom is -0.481 e. The Morgan fingerprint density at radius 1 is 1.34 bits per heavy atom. The minimum absolute atomic E-state index is 0.132. The molecule has 2 fully saturated rings. The van der Waals surface area contributed by atoms with E-state index >= 15 is 0 Å². The number of methoxy groups -OCH3 is 1. The van der Waals surface area contributed by atoms with Crippen molar-refractivity contribution in [2.75, 3.05) is 37.9 Å². The van der Waals surface area contributed by atoms with Gasteiger partial charge in [-0.15, -0.1) is 0 Å². The van der Waals surface area contributed by atoms with Crippen molar-refractivity contribution >= 4 is 17.2 Å². The van der Waals surface area contributed by atoms with Gasteiger partial charge in [0.1, 0.15) is 5.69 Å². The Labute approximate surface area is 172 Å². The summed E-state index contributed by atoms with van der Waals surface area (Å²) in [5, 5.41) is 14.8. The number of nitrogens with one attached hydrogen (secondary N) is 1. The van der Waals surface area contributed by atoms with Crippen LogP contribution in [0.1, 0.15) is 52.4 Å². The standard InChI is InChI=1S/C20H33N5O4/c1-4-29-15-5-9-20(2,10-6-15)24-11-7-14(8-12-24)22-16-13-17(28-3)23-19(21)18(16)25(26)27/h13-15H,4-12H2,1-3H3,(H3,21,22,23). The second-order valence-electron chi connectivity index (χ2n) is 8.26. The van der Waals surface area contributed by atoms with E-state index in [2.05, 4.69) is 29.0 Å². The Morgan fingerprint density at radius 3 is 2.55 bits per heavy atom. The number of nitro groups is 1. The molecule has 0 aromatic carbocycles. The predicted molar refractivity (Wildman–Crippen MR) is 112 cm³/mol. The molecular formula is C20H33N5O4. The van der Waals surface area contributed by atoms with Crippen molar-refractivity contribution in [3.05, 3.63) is 16.2 Å². The number of nitrogens with zero attached hydrogens (tertiary/aromatic N) is 3. The van der Waals surface area contributed by atoms with E-state index in [4.69, 9.17) is 15.2 Å². The number of hydrogen-bond acceptors (Lipinski definition) is 8. The molecule has 3 rings (SSSR count). The molecule has 1 aliphatic heterocycles. The summed E-state index contributed by atoms with van der Waals surface area (Å²) in [7, 11) is 1.47. The molecule has 0 radical (unpaired) electrons. The SMILES string of the molecule is CCOC1CCC(C)(N2CCC(Nc3cc(OC)nc(N)c3[N+](=O)[O-])CC2)CC1. The number of nitrogens with two attached hydrogens (primary N) is 1. The van der Waals surface area contributed by atoms with E-state index in [1.54, 1.807) is 6.07 Å². The Morgan fingerprint density at radius 2 is 2.00 bits per heavy atom. The molecule has 1 aliphatic carbocycles. The van der Waals surface area contributed by atoms with Gasteiger partial charge in [0.25, 0.3) is 0 Å². The molecule has 1 aromatic heterocycles. The lowest BCUT2D eigenvalue weighted by Crippen LogP contribution is -2.53. The van der Waals surface area contributed by atoms with Crippen molar-refractivity contribution in [2.45, 2.75) is 70.1 Å². The van der Waals surface area contributed by atoms with Gasteiger partial charge in [-0.2, -0.15) is 4.98 Å². The largest absolute Gasteiger partial charge is 0.481 e. The van der Waals surface area contributed by atoms with Crippen LogP contribution in [-0.4, -0.2) is 59.3 Å². The zero-order valence-electron chi connectivity index (χ0n) is 17.6. The normalized spacial score (nSPS) is 26.2. The van der Waals surface area contributed by atoms with Crippen molar-refractivity contribution in [3.63, 3.8) is 0 Å². The minimum atomic E-state index is -0.489. The molecule has 1 aromatic rings. The number of likely N-dealkylation sites (tertiary alicyclic amines) is 1. The van der Waals surface area contributed by atoms with Crippen LogP contribution in [-0.2, 0) is 4.74 Å². The van der Waals surface area contributed by atoms with Gasteiger partial charge in [-0.05, 0) is 52.4 Å². The molecule has 0 unspecified atom stereocenters. The maximum absolute atomic E-state index is 11.4. The van der Waals surface area contributed by atoms with Gasteiger partial charge >= 0.3 is 5.69 Å². The number of nitrogen functional groups attached to an aromatic ring is 1. The van der Waals surface area contributed by atoms with Gasteiger partial charge in [-0.3, -0.25) is 15.0 Å². The number of aromatic nitrogens is 1. The average Bonchev–Trinajstić information content (AvgIpc) is 2.70. The summed E-state index contributed by atoms with van der Waals surface area (Å²) in [5.74, 6) is 0.138. The van der Waals surface area contributed by atoms with E-state index in [1.165, 1.54) is 7.11 Å². The van der Waals surface area contributed by atoms with Crippen LogP contribution in [0, 0.1) is 10.1 Å². The molecule has 1 saturated heterocycles. The molecule has 29 heavy (non-hydrogen) atoms. The topological polar surface area (TPSA) is 116 Å². The highest BCUT2D eigenvalue weighted by atomic mass is 16.6. The third-order valence-corrected chi connectivity index (χ3v) is 6.42. The van der Waals surface area contributed by atoms with E-state index in [-0.39, 0.29) is 29.0 Å². The van der Waals surface area contributed by atoms with Crippen LogP contribution < -0.4 is 15.8 Å². The molecule has 0 bridgehead atoms. The van der Waals surface area contributed by atoms with E-state index < -0.39 is 4.92 Å². The fraction of sp³-hybridized carbons (Fsp3) is 0.750. The van der Waals surface area contributed by atoms with Gasteiger partial charge in [-0.1, -0.05) is 0 Å². The Hall–Kier alpha value is -2.13. The summed E-state index contributed by atoms with van der Waals surface area (Å²) in [4.78, 5) is 17.5. The van der Waals surface area contributed by atoms with Crippen LogP contribution in [0.3, 0.4) is 0 Å². The smallest absolute Gasteiger partial charge is 0.334 e. The van der Waals surface area contributed by atoms with Gasteiger partial charge in [-0.25, -0.2) is 0 Å². The average molecular weight is 408 g/mol. The number of ether oxygens (including phenoxy) is 2. The summed E-state index contributed by atoms with van der Waals surface area (Å²) in [6.45, 7) is 7.15. The maximum Gasteiger partial charge on any atom is 0.334 e. The summed E-state index contributed by atoms with van der Waals surface area (Å²) in [6.07, 6.45) is 6.78. The van der Waals surface area contributed by atoms with Crippen molar-refractivity contribution in [1.82, 2.24) is 9.88 Å². The zero-order valence-corrected chi connectivity index (χ0v) is 17.6. The lowest BCUT2D eigenvalue weighted by atomic mass is 9.79. The molecule has 1 saturated carbocycles. The Balaban J connectivity index is 1.61. The summed E-state index contributed by atoms with van der Waals surface area (Å²) in [6, 6.07) is 1.71. The summed E-state index contributed by atoms with van der Waals surface area (Å²) >= 11 is 0. The van der Waals surface area contributed by atoms with E-state index in [0.29, 0.717) is 11.8 Å². The number of rotatable bonds is 7. The Bertz CT molecular complexity index is 713. The van der Waals surface area contributed by atoms with Crippen LogP contribution in [0.25, 0.3) is 0 Å².